The van der Waals surface area contributed by atoms with Crippen LogP contribution in [0.1, 0.15) is 12.0 Å². The molecule has 1 unspecified atom stereocenters. The van der Waals surface area contributed by atoms with Gasteiger partial charge in [-0.3, -0.25) is 9.69 Å². The van der Waals surface area contributed by atoms with Crippen LogP contribution in [-0.2, 0) is 19.6 Å². The molecule has 2 aliphatic heterocycles. The molecule has 2 saturated heterocycles. The van der Waals surface area contributed by atoms with Crippen LogP contribution in [0.3, 0.4) is 0 Å². The fraction of sp³-hybridized carbons (Fsp3) is 0.611. The number of hydrogen-bond acceptors (Lipinski definition) is 5. The fourth-order valence-corrected chi connectivity index (χ4v) is 5.64. The molecule has 0 N–H and O–H groups in total. The maximum atomic E-state index is 13.0. The number of carbonyl (C=O) groups is 1. The third-order valence-corrected chi connectivity index (χ3v) is 7.60. The second kappa shape index (κ2) is 8.45. The first-order valence-corrected chi connectivity index (χ1v) is 10.9. The molecule has 0 bridgehead atoms. The normalized spacial score (nSPS) is 22.6. The van der Waals surface area contributed by atoms with Crippen LogP contribution >= 0.6 is 11.6 Å². The highest BCUT2D eigenvalue weighted by molar-refractivity contribution is 7.89. The van der Waals surface area contributed by atoms with Gasteiger partial charge in [-0.15, -0.1) is 0 Å². The first kappa shape index (κ1) is 20.5. The van der Waals surface area contributed by atoms with Crippen LogP contribution in [0, 0.1) is 6.92 Å². The number of carbonyl (C=O) groups excluding carboxylic acids is 1. The lowest BCUT2D eigenvalue weighted by Crippen LogP contribution is -2.53. The second-order valence-corrected chi connectivity index (χ2v) is 9.32. The van der Waals surface area contributed by atoms with E-state index in [2.05, 4.69) is 4.90 Å². The number of piperazine rings is 1. The minimum atomic E-state index is -3.56. The molecular weight excluding hydrogens is 390 g/mol. The molecule has 1 amide bonds. The summed E-state index contributed by atoms with van der Waals surface area (Å²) in [4.78, 5) is 16.8. The van der Waals surface area contributed by atoms with Gasteiger partial charge in [0.05, 0.1) is 17.5 Å². The zero-order valence-corrected chi connectivity index (χ0v) is 17.3. The summed E-state index contributed by atoms with van der Waals surface area (Å²) < 4.78 is 32.5. The molecule has 0 aliphatic carbocycles. The summed E-state index contributed by atoms with van der Waals surface area (Å²) in [5.74, 6) is 0.122. The lowest BCUT2D eigenvalue weighted by atomic mass is 10.2. The van der Waals surface area contributed by atoms with Gasteiger partial charge in [-0.05, 0) is 37.1 Å². The van der Waals surface area contributed by atoms with Crippen LogP contribution in [0.5, 0.6) is 0 Å². The van der Waals surface area contributed by atoms with E-state index in [1.165, 1.54) is 4.31 Å². The molecule has 3 rings (SSSR count). The number of methoxy groups -OCH3 is 1. The topological polar surface area (TPSA) is 70.2 Å². The summed E-state index contributed by atoms with van der Waals surface area (Å²) in [6, 6.07) is 4.68. The third-order valence-electron chi connectivity index (χ3n) is 5.30. The molecule has 150 valence electrons. The summed E-state index contributed by atoms with van der Waals surface area (Å²) in [5, 5.41) is 0.522. The molecular formula is C18H26ClN3O4S. The van der Waals surface area contributed by atoms with Gasteiger partial charge < -0.3 is 9.64 Å². The van der Waals surface area contributed by atoms with Gasteiger partial charge in [0.1, 0.15) is 0 Å². The highest BCUT2D eigenvalue weighted by Gasteiger charge is 2.38. The summed E-state index contributed by atoms with van der Waals surface area (Å²) in [7, 11) is -1.93. The van der Waals surface area contributed by atoms with Crippen LogP contribution in [0.4, 0.5) is 0 Å². The Morgan fingerprint density at radius 2 is 1.89 bits per heavy atom. The van der Waals surface area contributed by atoms with Crippen molar-refractivity contribution in [2.24, 2.45) is 0 Å². The molecule has 2 aliphatic rings. The first-order chi connectivity index (χ1) is 12.8. The number of amides is 1. The van der Waals surface area contributed by atoms with Crippen LogP contribution < -0.4 is 0 Å². The Hall–Kier alpha value is -1.19. The molecule has 0 radical (unpaired) electrons. The number of hydrogen-bond donors (Lipinski definition) is 0. The third kappa shape index (κ3) is 4.30. The van der Waals surface area contributed by atoms with Gasteiger partial charge in [-0.2, -0.15) is 4.31 Å². The Balaban J connectivity index is 1.63. The maximum absolute atomic E-state index is 13.0. The monoisotopic (exact) mass is 415 g/mol. The molecule has 1 aromatic carbocycles. The zero-order chi connectivity index (χ0) is 19.6. The van der Waals surface area contributed by atoms with Gasteiger partial charge in [0.2, 0.25) is 15.9 Å². The molecule has 27 heavy (non-hydrogen) atoms. The molecule has 0 aromatic heterocycles. The van der Waals surface area contributed by atoms with E-state index in [0.717, 1.165) is 13.0 Å². The van der Waals surface area contributed by atoms with Gasteiger partial charge in [0.15, 0.2) is 0 Å². The van der Waals surface area contributed by atoms with Gasteiger partial charge in [-0.25, -0.2) is 8.42 Å². The fourth-order valence-electron chi connectivity index (χ4n) is 3.78. The molecule has 2 heterocycles. The van der Waals surface area contributed by atoms with Crippen LogP contribution in [0.2, 0.25) is 5.02 Å². The van der Waals surface area contributed by atoms with Crippen molar-refractivity contribution >= 4 is 27.5 Å². The Labute approximate surface area is 165 Å². The molecule has 0 saturated carbocycles. The van der Waals surface area contributed by atoms with Crippen molar-refractivity contribution in [3.05, 3.63) is 28.8 Å². The minimum absolute atomic E-state index is 0.122. The van der Waals surface area contributed by atoms with E-state index in [9.17, 15) is 13.2 Å². The Morgan fingerprint density at radius 3 is 2.52 bits per heavy atom. The number of sulfonamides is 1. The van der Waals surface area contributed by atoms with E-state index < -0.39 is 10.0 Å². The van der Waals surface area contributed by atoms with Crippen LogP contribution in [-0.4, -0.2) is 87.5 Å². The first-order valence-electron chi connectivity index (χ1n) is 9.12. The molecule has 7 nitrogen and oxygen atoms in total. The van der Waals surface area contributed by atoms with E-state index in [4.69, 9.17) is 16.3 Å². The maximum Gasteiger partial charge on any atom is 0.243 e. The molecule has 1 atom stereocenters. The van der Waals surface area contributed by atoms with Gasteiger partial charge in [-0.1, -0.05) is 11.6 Å². The van der Waals surface area contributed by atoms with Crippen molar-refractivity contribution in [3.63, 3.8) is 0 Å². The number of ether oxygens (including phenoxy) is 1. The second-order valence-electron chi connectivity index (χ2n) is 6.97. The van der Waals surface area contributed by atoms with Gasteiger partial charge >= 0.3 is 0 Å². The van der Waals surface area contributed by atoms with Crippen LogP contribution in [0.25, 0.3) is 0 Å². The molecule has 1 aromatic rings. The molecule has 0 spiro atoms. The SMILES string of the molecule is COCCN1CCC(N2CCN(S(=O)(=O)c3ccc(Cl)cc3C)CC2)C1=O. The van der Waals surface area contributed by atoms with Crippen molar-refractivity contribution in [1.82, 2.24) is 14.1 Å². The number of benzene rings is 1. The van der Waals surface area contributed by atoms with E-state index in [0.29, 0.717) is 54.8 Å². The highest BCUT2D eigenvalue weighted by atomic mass is 35.5. The Morgan fingerprint density at radius 1 is 1.19 bits per heavy atom. The quantitative estimate of drug-likeness (QED) is 0.698. The van der Waals surface area contributed by atoms with Crippen molar-refractivity contribution in [3.8, 4) is 0 Å². The average molecular weight is 416 g/mol. The van der Waals surface area contributed by atoms with Crippen molar-refractivity contribution in [2.75, 3.05) is 53.0 Å². The van der Waals surface area contributed by atoms with Crippen molar-refractivity contribution in [1.29, 1.82) is 0 Å². The van der Waals surface area contributed by atoms with Gasteiger partial charge in [0, 0.05) is 51.4 Å². The summed E-state index contributed by atoms with van der Waals surface area (Å²) in [6.45, 7) is 5.50. The van der Waals surface area contributed by atoms with Crippen molar-refractivity contribution in [2.45, 2.75) is 24.3 Å². The number of halogens is 1. The minimum Gasteiger partial charge on any atom is -0.383 e. The van der Waals surface area contributed by atoms with E-state index in [1.54, 1.807) is 32.2 Å². The number of rotatable bonds is 6. The predicted molar refractivity (Wildman–Crippen MR) is 103 cm³/mol. The lowest BCUT2D eigenvalue weighted by molar-refractivity contribution is -0.133. The van der Waals surface area contributed by atoms with E-state index >= 15 is 0 Å². The summed E-state index contributed by atoms with van der Waals surface area (Å²) in [5.41, 5.74) is 0.643. The zero-order valence-electron chi connectivity index (χ0n) is 15.7. The molecule has 2 fully saturated rings. The smallest absolute Gasteiger partial charge is 0.243 e. The summed E-state index contributed by atoms with van der Waals surface area (Å²) >= 11 is 5.94. The van der Waals surface area contributed by atoms with Crippen molar-refractivity contribution < 1.29 is 17.9 Å². The predicted octanol–water partition coefficient (Wildman–Crippen LogP) is 1.20. The number of nitrogens with zero attached hydrogens (tertiary/aromatic N) is 3. The molecule has 9 heteroatoms. The number of likely N-dealkylation sites (tertiary alicyclic amines) is 1. The Bertz CT molecular complexity index is 794. The standard InChI is InChI=1S/C18H26ClN3O4S/c1-14-13-15(19)3-4-17(14)27(24,25)22-9-7-20(8-10-22)16-5-6-21(18(16)23)11-12-26-2/h3-4,13,16H,5-12H2,1-2H3. The van der Waals surface area contributed by atoms with Gasteiger partial charge in [0.25, 0.3) is 0 Å². The van der Waals surface area contributed by atoms with E-state index in [1.807, 2.05) is 4.90 Å². The Kier molecular flexibility index (Phi) is 6.43. The van der Waals surface area contributed by atoms with E-state index in [-0.39, 0.29) is 11.9 Å². The average Bonchev–Trinajstić information content (AvgIpc) is 3.00. The largest absolute Gasteiger partial charge is 0.383 e. The highest BCUT2D eigenvalue weighted by Crippen LogP contribution is 2.25. The number of aryl methyl sites for hydroxylation is 1. The lowest BCUT2D eigenvalue weighted by Gasteiger charge is -2.36. The summed E-state index contributed by atoms with van der Waals surface area (Å²) in [6.07, 6.45) is 0.783. The van der Waals surface area contributed by atoms with Crippen LogP contribution in [0.15, 0.2) is 23.1 Å².